The third-order valence-electron chi connectivity index (χ3n) is 1.20. The molecule has 0 radical (unpaired) electrons. The van der Waals surface area contributed by atoms with E-state index in [1.807, 2.05) is 0 Å². The highest BCUT2D eigenvalue weighted by atomic mass is 16.5. The highest BCUT2D eigenvalue weighted by Crippen LogP contribution is 1.99. The van der Waals surface area contributed by atoms with Crippen molar-refractivity contribution in [2.75, 3.05) is 11.9 Å². The van der Waals surface area contributed by atoms with Gasteiger partial charge in [-0.1, -0.05) is 5.16 Å². The molecule has 0 aliphatic rings. The normalized spacial score (nSPS) is 9.31. The van der Waals surface area contributed by atoms with E-state index in [1.54, 1.807) is 0 Å². The molecule has 6 nitrogen and oxygen atoms in total. The van der Waals surface area contributed by atoms with Crippen molar-refractivity contribution in [3.05, 3.63) is 12.3 Å². The monoisotopic (exact) mass is 183 g/mol. The van der Waals surface area contributed by atoms with E-state index in [-0.39, 0.29) is 18.4 Å². The number of amides is 2. The van der Waals surface area contributed by atoms with Crippen molar-refractivity contribution in [2.24, 2.45) is 0 Å². The van der Waals surface area contributed by atoms with Gasteiger partial charge in [0.15, 0.2) is 5.82 Å². The van der Waals surface area contributed by atoms with Crippen molar-refractivity contribution in [1.82, 2.24) is 10.5 Å². The Labute approximate surface area is 74.3 Å². The molecule has 0 atom stereocenters. The molecule has 0 aliphatic heterocycles. The Kier molecular flexibility index (Phi) is 3.02. The SMILES string of the molecule is CC(=O)NCC(=O)Nc1ccon1. The summed E-state index contributed by atoms with van der Waals surface area (Å²) in [4.78, 5) is 21.4. The summed E-state index contributed by atoms with van der Waals surface area (Å²) in [6.45, 7) is 1.27. The van der Waals surface area contributed by atoms with Gasteiger partial charge in [-0.15, -0.1) is 0 Å². The van der Waals surface area contributed by atoms with Gasteiger partial charge in [-0.2, -0.15) is 0 Å². The molecule has 0 aliphatic carbocycles. The highest BCUT2D eigenvalue weighted by Gasteiger charge is 2.03. The first-order chi connectivity index (χ1) is 6.18. The van der Waals surface area contributed by atoms with Crippen LogP contribution in [0.1, 0.15) is 6.92 Å². The van der Waals surface area contributed by atoms with Gasteiger partial charge in [-0.05, 0) is 0 Å². The Balaban J connectivity index is 2.30. The minimum Gasteiger partial charge on any atom is -0.363 e. The molecular weight excluding hydrogens is 174 g/mol. The molecule has 1 rings (SSSR count). The quantitative estimate of drug-likeness (QED) is 0.676. The zero-order valence-electron chi connectivity index (χ0n) is 7.03. The van der Waals surface area contributed by atoms with E-state index in [2.05, 4.69) is 20.3 Å². The van der Waals surface area contributed by atoms with Gasteiger partial charge in [0, 0.05) is 13.0 Å². The summed E-state index contributed by atoms with van der Waals surface area (Å²) in [5, 5.41) is 8.23. The summed E-state index contributed by atoms with van der Waals surface area (Å²) < 4.78 is 4.49. The number of carbonyl (C=O) groups is 2. The molecule has 2 amide bonds. The molecule has 0 bridgehead atoms. The molecule has 1 aromatic heterocycles. The van der Waals surface area contributed by atoms with Gasteiger partial charge < -0.3 is 15.2 Å². The van der Waals surface area contributed by atoms with E-state index in [4.69, 9.17) is 0 Å². The topological polar surface area (TPSA) is 84.2 Å². The molecule has 0 spiro atoms. The predicted octanol–water partition coefficient (Wildman–Crippen LogP) is -0.251. The third-order valence-corrected chi connectivity index (χ3v) is 1.20. The van der Waals surface area contributed by atoms with Gasteiger partial charge in [0.05, 0.1) is 6.54 Å². The van der Waals surface area contributed by atoms with Crippen LogP contribution in [0.25, 0.3) is 0 Å². The second-order valence-corrected chi connectivity index (χ2v) is 2.34. The molecule has 13 heavy (non-hydrogen) atoms. The molecule has 0 aromatic carbocycles. The fourth-order valence-electron chi connectivity index (χ4n) is 0.669. The van der Waals surface area contributed by atoms with Crippen LogP contribution in [0, 0.1) is 0 Å². The first-order valence-electron chi connectivity index (χ1n) is 3.63. The standard InChI is InChI=1S/C7H9N3O3/c1-5(11)8-4-7(12)9-6-2-3-13-10-6/h2-3H,4H2,1H3,(H,8,11)(H,9,10,12). The molecule has 1 aromatic rings. The summed E-state index contributed by atoms with van der Waals surface area (Å²) in [6.07, 6.45) is 1.34. The molecular formula is C7H9N3O3. The lowest BCUT2D eigenvalue weighted by molar-refractivity contribution is -0.122. The van der Waals surface area contributed by atoms with Crippen LogP contribution in [0.4, 0.5) is 5.82 Å². The van der Waals surface area contributed by atoms with Crippen LogP contribution in [0.2, 0.25) is 0 Å². The number of hydrogen-bond donors (Lipinski definition) is 2. The maximum atomic E-state index is 11.0. The first kappa shape index (κ1) is 9.24. The number of hydrogen-bond acceptors (Lipinski definition) is 4. The van der Waals surface area contributed by atoms with E-state index in [0.717, 1.165) is 0 Å². The minimum absolute atomic E-state index is 0.0673. The Hall–Kier alpha value is -1.85. The number of carbonyl (C=O) groups excluding carboxylic acids is 2. The zero-order valence-corrected chi connectivity index (χ0v) is 7.03. The van der Waals surface area contributed by atoms with Crippen molar-refractivity contribution >= 4 is 17.6 Å². The van der Waals surface area contributed by atoms with Crippen LogP contribution in [0.15, 0.2) is 16.9 Å². The summed E-state index contributed by atoms with van der Waals surface area (Å²) in [5.74, 6) is -0.269. The van der Waals surface area contributed by atoms with E-state index in [1.165, 1.54) is 19.3 Å². The Morgan fingerprint density at radius 1 is 1.62 bits per heavy atom. The molecule has 0 saturated carbocycles. The molecule has 70 valence electrons. The summed E-state index contributed by atoms with van der Waals surface area (Å²) >= 11 is 0. The maximum Gasteiger partial charge on any atom is 0.245 e. The van der Waals surface area contributed by atoms with Crippen molar-refractivity contribution in [2.45, 2.75) is 6.92 Å². The minimum atomic E-state index is -0.343. The van der Waals surface area contributed by atoms with E-state index >= 15 is 0 Å². The number of nitrogens with zero attached hydrogens (tertiary/aromatic N) is 1. The van der Waals surface area contributed by atoms with Crippen LogP contribution < -0.4 is 10.6 Å². The number of aromatic nitrogens is 1. The van der Waals surface area contributed by atoms with Gasteiger partial charge in [-0.3, -0.25) is 9.59 Å². The Morgan fingerprint density at radius 3 is 2.92 bits per heavy atom. The van der Waals surface area contributed by atoms with E-state index in [9.17, 15) is 9.59 Å². The average molecular weight is 183 g/mol. The third kappa shape index (κ3) is 3.37. The number of nitrogens with one attached hydrogen (secondary N) is 2. The lowest BCUT2D eigenvalue weighted by Crippen LogP contribution is -2.31. The molecule has 0 fully saturated rings. The van der Waals surface area contributed by atoms with Crippen LogP contribution in [0.5, 0.6) is 0 Å². The molecule has 6 heteroatoms. The van der Waals surface area contributed by atoms with Crippen molar-refractivity contribution in [3.63, 3.8) is 0 Å². The summed E-state index contributed by atoms with van der Waals surface area (Å²) in [6, 6.07) is 1.51. The van der Waals surface area contributed by atoms with Crippen LogP contribution in [0.3, 0.4) is 0 Å². The Bertz CT molecular complexity index is 294. The van der Waals surface area contributed by atoms with Gasteiger partial charge >= 0.3 is 0 Å². The van der Waals surface area contributed by atoms with Crippen LogP contribution in [-0.2, 0) is 9.59 Å². The zero-order chi connectivity index (χ0) is 9.68. The van der Waals surface area contributed by atoms with Gasteiger partial charge in [-0.25, -0.2) is 0 Å². The van der Waals surface area contributed by atoms with Crippen LogP contribution >= 0.6 is 0 Å². The molecule has 0 saturated heterocycles. The first-order valence-corrected chi connectivity index (χ1v) is 3.63. The van der Waals surface area contributed by atoms with E-state index < -0.39 is 0 Å². The van der Waals surface area contributed by atoms with Gasteiger partial charge in [0.25, 0.3) is 0 Å². The average Bonchev–Trinajstić information content (AvgIpc) is 2.53. The fourth-order valence-corrected chi connectivity index (χ4v) is 0.669. The van der Waals surface area contributed by atoms with Crippen molar-refractivity contribution in [1.29, 1.82) is 0 Å². The van der Waals surface area contributed by atoms with Crippen molar-refractivity contribution < 1.29 is 14.1 Å². The fraction of sp³-hybridized carbons (Fsp3) is 0.286. The Morgan fingerprint density at radius 2 is 2.38 bits per heavy atom. The maximum absolute atomic E-state index is 11.0. The second kappa shape index (κ2) is 4.24. The lowest BCUT2D eigenvalue weighted by Gasteiger charge is -2.00. The van der Waals surface area contributed by atoms with E-state index in [0.29, 0.717) is 5.82 Å². The summed E-state index contributed by atoms with van der Waals surface area (Å²) in [7, 11) is 0. The van der Waals surface area contributed by atoms with Crippen LogP contribution in [-0.4, -0.2) is 23.5 Å². The largest absolute Gasteiger partial charge is 0.363 e. The second-order valence-electron chi connectivity index (χ2n) is 2.34. The summed E-state index contributed by atoms with van der Waals surface area (Å²) in [5.41, 5.74) is 0. The molecule has 1 heterocycles. The highest BCUT2D eigenvalue weighted by molar-refractivity contribution is 5.93. The lowest BCUT2D eigenvalue weighted by atomic mass is 10.5. The number of rotatable bonds is 3. The predicted molar refractivity (Wildman–Crippen MR) is 43.8 cm³/mol. The number of anilines is 1. The van der Waals surface area contributed by atoms with Gasteiger partial charge in [0.2, 0.25) is 11.8 Å². The van der Waals surface area contributed by atoms with Crippen molar-refractivity contribution in [3.8, 4) is 0 Å². The van der Waals surface area contributed by atoms with Gasteiger partial charge in [0.1, 0.15) is 6.26 Å². The molecule has 0 unspecified atom stereocenters. The smallest absolute Gasteiger partial charge is 0.245 e. The molecule has 2 N–H and O–H groups in total.